The zero-order chi connectivity index (χ0) is 28.2. The first-order chi connectivity index (χ1) is 17.7. The third-order valence-electron chi connectivity index (χ3n) is 8.08. The van der Waals surface area contributed by atoms with Crippen LogP contribution in [0.3, 0.4) is 0 Å². The normalized spacial score (nSPS) is 17.4. The van der Waals surface area contributed by atoms with E-state index in [1.165, 1.54) is 17.0 Å². The quantitative estimate of drug-likeness (QED) is 0.405. The summed E-state index contributed by atoms with van der Waals surface area (Å²) in [5.74, 6) is -0.546. The molecule has 38 heavy (non-hydrogen) atoms. The van der Waals surface area contributed by atoms with Gasteiger partial charge in [0.15, 0.2) is 0 Å². The van der Waals surface area contributed by atoms with Gasteiger partial charge in [0, 0.05) is 10.6 Å². The maximum absolute atomic E-state index is 14.1. The molecule has 1 aromatic carbocycles. The highest BCUT2D eigenvalue weighted by molar-refractivity contribution is 6.83. The predicted molar refractivity (Wildman–Crippen MR) is 147 cm³/mol. The summed E-state index contributed by atoms with van der Waals surface area (Å²) in [5, 5.41) is 9.65. The number of fused-ring (bicyclic) bond motifs is 1. The summed E-state index contributed by atoms with van der Waals surface area (Å²) in [4.78, 5) is 41.5. The van der Waals surface area contributed by atoms with Gasteiger partial charge in [0.2, 0.25) is 5.91 Å². The zero-order valence-electron chi connectivity index (χ0n) is 22.9. The number of ether oxygens (including phenoxy) is 1. The van der Waals surface area contributed by atoms with E-state index in [0.717, 1.165) is 23.9 Å². The van der Waals surface area contributed by atoms with Crippen LogP contribution in [0.15, 0.2) is 12.1 Å². The molecule has 1 aliphatic carbocycles. The Balaban J connectivity index is 1.71. The molecule has 4 rings (SSSR count). The number of aryl methyl sites for hydroxylation is 1. The Bertz CT molecular complexity index is 1320. The molecule has 1 fully saturated rings. The summed E-state index contributed by atoms with van der Waals surface area (Å²) in [6.45, 7) is 13.7. The van der Waals surface area contributed by atoms with Crippen LogP contribution >= 0.6 is 11.6 Å². The number of benzene rings is 1. The molecule has 1 saturated carbocycles. The van der Waals surface area contributed by atoms with Crippen LogP contribution in [-0.2, 0) is 21.6 Å². The summed E-state index contributed by atoms with van der Waals surface area (Å²) in [6.07, 6.45) is 1.88. The summed E-state index contributed by atoms with van der Waals surface area (Å²) >= 11 is 6.14. The molecule has 1 aromatic heterocycles. The number of urea groups is 1. The van der Waals surface area contributed by atoms with Gasteiger partial charge in [-0.05, 0) is 52.2 Å². The Morgan fingerprint density at radius 3 is 2.39 bits per heavy atom. The molecule has 0 bridgehead atoms. The first kappa shape index (κ1) is 28.1. The number of rotatable bonds is 5. The number of nitrogens with zero attached hydrogens (tertiary/aromatic N) is 3. The number of nitrogens with one attached hydrogen (secondary N) is 2. The van der Waals surface area contributed by atoms with Crippen LogP contribution in [0.5, 0.6) is 0 Å². The van der Waals surface area contributed by atoms with Crippen molar-refractivity contribution in [3.8, 4) is 0 Å². The molecule has 1 aliphatic heterocycles. The van der Waals surface area contributed by atoms with Crippen LogP contribution in [0.1, 0.15) is 56.9 Å². The molecule has 2 aromatic rings. The van der Waals surface area contributed by atoms with Crippen LogP contribution in [0.4, 0.5) is 25.5 Å². The second kappa shape index (κ2) is 9.67. The van der Waals surface area contributed by atoms with Gasteiger partial charge in [-0.1, -0.05) is 43.7 Å². The highest BCUT2D eigenvalue weighted by Gasteiger charge is 2.54. The smallest absolute Gasteiger partial charge is 0.436 e. The Kier molecular flexibility index (Phi) is 7.15. The standard InChI is InChI=1S/C26H35ClFN5O4Si/c1-8-37-24(36)33-21(30-22(34)26(12-9-13-26)38(5,6)7)16-14-32(25(3,4)20(16)31-33)23(35)29-19-15(2)10-11-17(28)18(19)27/h10-11H,8-9,12-14H2,1-7H3,(H,29,35)(H,30,34). The highest BCUT2D eigenvalue weighted by Crippen LogP contribution is 2.56. The Hall–Kier alpha value is -2.92. The molecule has 2 heterocycles. The van der Waals surface area contributed by atoms with Crippen LogP contribution < -0.4 is 10.6 Å². The van der Waals surface area contributed by atoms with Crippen molar-refractivity contribution in [3.63, 3.8) is 0 Å². The van der Waals surface area contributed by atoms with E-state index in [0.29, 0.717) is 16.8 Å². The molecule has 0 saturated heterocycles. The number of halogens is 2. The van der Waals surface area contributed by atoms with E-state index in [1.54, 1.807) is 27.7 Å². The van der Waals surface area contributed by atoms with Gasteiger partial charge >= 0.3 is 12.1 Å². The van der Waals surface area contributed by atoms with E-state index >= 15 is 0 Å². The van der Waals surface area contributed by atoms with Crippen LogP contribution in [0, 0.1) is 12.7 Å². The van der Waals surface area contributed by atoms with E-state index < -0.39 is 36.6 Å². The number of amides is 3. The molecule has 0 unspecified atom stereocenters. The van der Waals surface area contributed by atoms with E-state index in [2.05, 4.69) is 35.4 Å². The summed E-state index contributed by atoms with van der Waals surface area (Å²) in [6, 6.07) is 2.26. The SMILES string of the molecule is CCOC(=O)n1nc2c(c1NC(=O)C1([Si](C)(C)C)CCC1)CN(C(=O)Nc1c(C)ccc(F)c1Cl)C2(C)C. The van der Waals surface area contributed by atoms with E-state index in [1.807, 2.05) is 0 Å². The fraction of sp³-hybridized carbons (Fsp3) is 0.538. The lowest BCUT2D eigenvalue weighted by Crippen LogP contribution is -2.52. The van der Waals surface area contributed by atoms with Gasteiger partial charge < -0.3 is 20.3 Å². The maximum atomic E-state index is 14.1. The van der Waals surface area contributed by atoms with Gasteiger partial charge in [0.1, 0.15) is 16.7 Å². The van der Waals surface area contributed by atoms with Crippen molar-refractivity contribution in [2.75, 3.05) is 17.2 Å². The number of hydrogen-bond donors (Lipinski definition) is 2. The minimum absolute atomic E-state index is 0.0646. The molecule has 9 nitrogen and oxygen atoms in total. The first-order valence-corrected chi connectivity index (χ1v) is 16.7. The van der Waals surface area contributed by atoms with Gasteiger partial charge in [0.05, 0.1) is 38.1 Å². The number of anilines is 2. The van der Waals surface area contributed by atoms with Crippen molar-refractivity contribution in [1.82, 2.24) is 14.7 Å². The molecule has 0 radical (unpaired) electrons. The lowest BCUT2D eigenvalue weighted by atomic mass is 9.83. The minimum Gasteiger partial charge on any atom is -0.448 e. The molecule has 0 atom stereocenters. The Morgan fingerprint density at radius 2 is 1.84 bits per heavy atom. The number of aromatic nitrogens is 2. The van der Waals surface area contributed by atoms with Crippen LogP contribution in [-0.4, -0.2) is 47.4 Å². The molecular weight excluding hydrogens is 529 g/mol. The molecule has 12 heteroatoms. The molecule has 3 amide bonds. The van der Waals surface area contributed by atoms with Crippen LogP contribution in [0.2, 0.25) is 29.7 Å². The fourth-order valence-electron chi connectivity index (χ4n) is 5.40. The van der Waals surface area contributed by atoms with E-state index in [-0.39, 0.29) is 35.6 Å². The number of hydrogen-bond acceptors (Lipinski definition) is 5. The second-order valence-corrected chi connectivity index (χ2v) is 17.4. The Labute approximate surface area is 228 Å². The van der Waals surface area contributed by atoms with Gasteiger partial charge in [-0.3, -0.25) is 4.79 Å². The lowest BCUT2D eigenvalue weighted by molar-refractivity contribution is -0.121. The predicted octanol–water partition coefficient (Wildman–Crippen LogP) is 6.47. The van der Waals surface area contributed by atoms with Crippen molar-refractivity contribution in [2.24, 2.45) is 0 Å². The highest BCUT2D eigenvalue weighted by atomic mass is 35.5. The van der Waals surface area contributed by atoms with Gasteiger partial charge in [-0.25, -0.2) is 14.0 Å². The van der Waals surface area contributed by atoms with Crippen molar-refractivity contribution < 1.29 is 23.5 Å². The number of carbonyl (C=O) groups excluding carboxylic acids is 3. The largest absolute Gasteiger partial charge is 0.448 e. The number of carbonyl (C=O) groups is 3. The van der Waals surface area contributed by atoms with Crippen molar-refractivity contribution >= 4 is 49.2 Å². The monoisotopic (exact) mass is 563 g/mol. The first-order valence-electron chi connectivity index (χ1n) is 12.8. The minimum atomic E-state index is -1.90. The zero-order valence-corrected chi connectivity index (χ0v) is 24.7. The van der Waals surface area contributed by atoms with E-state index in [4.69, 9.17) is 16.3 Å². The summed E-state index contributed by atoms with van der Waals surface area (Å²) < 4.78 is 20.4. The summed E-state index contributed by atoms with van der Waals surface area (Å²) in [5.41, 5.74) is 0.853. The van der Waals surface area contributed by atoms with Gasteiger partial charge in [-0.2, -0.15) is 5.10 Å². The Morgan fingerprint density at radius 1 is 1.18 bits per heavy atom. The average molecular weight is 564 g/mol. The lowest BCUT2D eigenvalue weighted by Gasteiger charge is -2.48. The molecule has 2 N–H and O–H groups in total. The average Bonchev–Trinajstić information content (AvgIpc) is 3.26. The molecule has 0 spiro atoms. The molecule has 206 valence electrons. The van der Waals surface area contributed by atoms with Crippen molar-refractivity contribution in [2.45, 2.75) is 83.7 Å². The van der Waals surface area contributed by atoms with Gasteiger partial charge in [0.25, 0.3) is 0 Å². The third-order valence-corrected chi connectivity index (χ3v) is 12.1. The third kappa shape index (κ3) is 4.39. The topological polar surface area (TPSA) is 106 Å². The molecular formula is C26H35ClFN5O4Si. The van der Waals surface area contributed by atoms with Crippen LogP contribution in [0.25, 0.3) is 0 Å². The summed E-state index contributed by atoms with van der Waals surface area (Å²) in [7, 11) is -1.90. The van der Waals surface area contributed by atoms with Crippen molar-refractivity contribution in [3.05, 3.63) is 39.8 Å². The maximum Gasteiger partial charge on any atom is 0.436 e. The van der Waals surface area contributed by atoms with E-state index in [9.17, 15) is 18.8 Å². The second-order valence-electron chi connectivity index (χ2n) is 11.6. The fourth-order valence-corrected chi connectivity index (χ4v) is 8.25. The van der Waals surface area contributed by atoms with Crippen molar-refractivity contribution in [1.29, 1.82) is 0 Å². The molecule has 2 aliphatic rings. The van der Waals surface area contributed by atoms with Gasteiger partial charge in [-0.15, -0.1) is 4.68 Å².